The van der Waals surface area contributed by atoms with Crippen LogP contribution in [0, 0.1) is 5.82 Å². The summed E-state index contributed by atoms with van der Waals surface area (Å²) in [6.07, 6.45) is 5.24. The molecule has 2 heterocycles. The molecule has 24 heavy (non-hydrogen) atoms. The molecule has 0 saturated carbocycles. The van der Waals surface area contributed by atoms with Crippen molar-refractivity contribution in [1.29, 1.82) is 0 Å². The van der Waals surface area contributed by atoms with E-state index in [1.54, 1.807) is 18.2 Å². The second-order valence-corrected chi connectivity index (χ2v) is 5.73. The van der Waals surface area contributed by atoms with E-state index in [4.69, 9.17) is 5.73 Å². The van der Waals surface area contributed by atoms with Gasteiger partial charge in [0.15, 0.2) is 5.54 Å². The standard InChI is InChI=1S/C17H17FN4O2/c18-13-5-2-1-4-12(13)10-15(23)22-9-3-6-17(22,16(19)24)14-11-20-7-8-21-14/h1-2,4-5,7-8,11H,3,6,9-10H2,(H2,19,24)/t17-/m0/s1. The van der Waals surface area contributed by atoms with E-state index in [0.29, 0.717) is 25.1 Å². The summed E-state index contributed by atoms with van der Waals surface area (Å²) < 4.78 is 13.8. The van der Waals surface area contributed by atoms with Gasteiger partial charge in [-0.15, -0.1) is 0 Å². The number of benzene rings is 1. The fourth-order valence-corrected chi connectivity index (χ4v) is 3.22. The van der Waals surface area contributed by atoms with E-state index in [1.165, 1.54) is 29.6 Å². The minimum atomic E-state index is -1.32. The highest BCUT2D eigenvalue weighted by Crippen LogP contribution is 2.38. The van der Waals surface area contributed by atoms with Crippen molar-refractivity contribution in [3.05, 3.63) is 59.9 Å². The van der Waals surface area contributed by atoms with Crippen molar-refractivity contribution in [3.63, 3.8) is 0 Å². The number of hydrogen-bond acceptors (Lipinski definition) is 4. The van der Waals surface area contributed by atoms with Gasteiger partial charge in [0.25, 0.3) is 0 Å². The molecule has 124 valence electrons. The highest BCUT2D eigenvalue weighted by Gasteiger charge is 2.51. The number of rotatable bonds is 4. The summed E-state index contributed by atoms with van der Waals surface area (Å²) in [5.74, 6) is -1.46. The maximum Gasteiger partial charge on any atom is 0.249 e. The van der Waals surface area contributed by atoms with Crippen LogP contribution in [0.4, 0.5) is 4.39 Å². The molecule has 0 bridgehead atoms. The lowest BCUT2D eigenvalue weighted by Crippen LogP contribution is -2.54. The molecule has 0 spiro atoms. The molecule has 2 aromatic rings. The Balaban J connectivity index is 1.95. The van der Waals surface area contributed by atoms with Crippen molar-refractivity contribution < 1.29 is 14.0 Å². The Hall–Kier alpha value is -2.83. The number of halogens is 1. The van der Waals surface area contributed by atoms with Crippen molar-refractivity contribution in [2.45, 2.75) is 24.8 Å². The number of nitrogens with zero attached hydrogens (tertiary/aromatic N) is 3. The van der Waals surface area contributed by atoms with Gasteiger partial charge in [0, 0.05) is 18.9 Å². The van der Waals surface area contributed by atoms with E-state index in [9.17, 15) is 14.0 Å². The van der Waals surface area contributed by atoms with E-state index in [0.717, 1.165) is 0 Å². The lowest BCUT2D eigenvalue weighted by molar-refractivity contribution is -0.144. The van der Waals surface area contributed by atoms with Crippen molar-refractivity contribution in [1.82, 2.24) is 14.9 Å². The van der Waals surface area contributed by atoms with E-state index in [-0.39, 0.29) is 17.9 Å². The zero-order chi connectivity index (χ0) is 17.2. The van der Waals surface area contributed by atoms with Crippen molar-refractivity contribution in [2.24, 2.45) is 5.73 Å². The molecule has 2 N–H and O–H groups in total. The predicted octanol–water partition coefficient (Wildman–Crippen LogP) is 1.16. The molecule has 0 radical (unpaired) electrons. The van der Waals surface area contributed by atoms with Crippen LogP contribution in [0.5, 0.6) is 0 Å². The van der Waals surface area contributed by atoms with Gasteiger partial charge in [-0.3, -0.25) is 19.6 Å². The first-order valence-electron chi connectivity index (χ1n) is 7.66. The Morgan fingerprint density at radius 3 is 2.75 bits per heavy atom. The summed E-state index contributed by atoms with van der Waals surface area (Å²) in [6.45, 7) is 0.368. The Labute approximate surface area is 138 Å². The second kappa shape index (κ2) is 6.35. The third-order valence-electron chi connectivity index (χ3n) is 4.38. The number of amides is 2. The number of likely N-dealkylation sites (tertiary alicyclic amines) is 1. The fourth-order valence-electron chi connectivity index (χ4n) is 3.22. The van der Waals surface area contributed by atoms with E-state index >= 15 is 0 Å². The van der Waals surface area contributed by atoms with Crippen LogP contribution in [-0.4, -0.2) is 33.2 Å². The summed E-state index contributed by atoms with van der Waals surface area (Å²) in [7, 11) is 0. The van der Waals surface area contributed by atoms with Gasteiger partial charge in [0.2, 0.25) is 11.8 Å². The minimum Gasteiger partial charge on any atom is -0.367 e. The molecule has 1 aliphatic heterocycles. The number of nitrogens with two attached hydrogens (primary N) is 1. The van der Waals surface area contributed by atoms with E-state index < -0.39 is 17.3 Å². The van der Waals surface area contributed by atoms with Crippen LogP contribution < -0.4 is 5.73 Å². The molecule has 2 amide bonds. The van der Waals surface area contributed by atoms with Crippen LogP contribution in [-0.2, 0) is 21.5 Å². The SMILES string of the molecule is NC(=O)[C@@]1(c2cnccn2)CCCN1C(=O)Cc1ccccc1F. The highest BCUT2D eigenvalue weighted by molar-refractivity contribution is 5.92. The van der Waals surface area contributed by atoms with Gasteiger partial charge in [-0.2, -0.15) is 0 Å². The van der Waals surface area contributed by atoms with Gasteiger partial charge >= 0.3 is 0 Å². The quantitative estimate of drug-likeness (QED) is 0.912. The Kier molecular flexibility index (Phi) is 4.24. The molecule has 1 aromatic heterocycles. The average Bonchev–Trinajstić information content (AvgIpc) is 3.04. The van der Waals surface area contributed by atoms with Crippen LogP contribution >= 0.6 is 0 Å². The molecule has 0 unspecified atom stereocenters. The van der Waals surface area contributed by atoms with Crippen molar-refractivity contribution in [2.75, 3.05) is 6.54 Å². The molecule has 6 nitrogen and oxygen atoms in total. The van der Waals surface area contributed by atoms with Gasteiger partial charge in [-0.1, -0.05) is 18.2 Å². The zero-order valence-electron chi connectivity index (χ0n) is 13.0. The summed E-state index contributed by atoms with van der Waals surface area (Å²) >= 11 is 0. The van der Waals surface area contributed by atoms with Crippen LogP contribution in [0.1, 0.15) is 24.1 Å². The van der Waals surface area contributed by atoms with Crippen molar-refractivity contribution >= 4 is 11.8 Å². The first kappa shape index (κ1) is 16.0. The Morgan fingerprint density at radius 2 is 2.08 bits per heavy atom. The smallest absolute Gasteiger partial charge is 0.249 e. The van der Waals surface area contributed by atoms with Gasteiger partial charge in [-0.05, 0) is 24.5 Å². The maximum absolute atomic E-state index is 13.8. The van der Waals surface area contributed by atoms with E-state index in [1.807, 2.05) is 0 Å². The third-order valence-corrected chi connectivity index (χ3v) is 4.38. The molecule has 1 fully saturated rings. The van der Waals surface area contributed by atoms with Gasteiger partial charge in [0.1, 0.15) is 5.82 Å². The number of aromatic nitrogens is 2. The van der Waals surface area contributed by atoms with Gasteiger partial charge in [-0.25, -0.2) is 4.39 Å². The Morgan fingerprint density at radius 1 is 1.29 bits per heavy atom. The molecule has 1 aliphatic rings. The van der Waals surface area contributed by atoms with Gasteiger partial charge in [0.05, 0.1) is 18.3 Å². The largest absolute Gasteiger partial charge is 0.367 e. The molecule has 7 heteroatoms. The second-order valence-electron chi connectivity index (χ2n) is 5.73. The normalized spacial score (nSPS) is 20.1. The number of carbonyl (C=O) groups is 2. The monoisotopic (exact) mass is 328 g/mol. The van der Waals surface area contributed by atoms with Gasteiger partial charge < -0.3 is 10.6 Å². The summed E-state index contributed by atoms with van der Waals surface area (Å²) in [6, 6.07) is 6.08. The lowest BCUT2D eigenvalue weighted by Gasteiger charge is -2.35. The lowest BCUT2D eigenvalue weighted by atomic mass is 9.90. The average molecular weight is 328 g/mol. The van der Waals surface area contributed by atoms with Crippen LogP contribution in [0.3, 0.4) is 0 Å². The summed E-state index contributed by atoms with van der Waals surface area (Å²) in [5.41, 5.74) is 4.95. The molecular formula is C17H17FN4O2. The van der Waals surface area contributed by atoms with E-state index in [2.05, 4.69) is 9.97 Å². The molecule has 1 aromatic carbocycles. The van der Waals surface area contributed by atoms with Crippen molar-refractivity contribution in [3.8, 4) is 0 Å². The molecular weight excluding hydrogens is 311 g/mol. The molecule has 1 atom stereocenters. The Bertz CT molecular complexity index is 768. The third kappa shape index (κ3) is 2.62. The first-order chi connectivity index (χ1) is 11.6. The van der Waals surface area contributed by atoms with Crippen LogP contribution in [0.2, 0.25) is 0 Å². The zero-order valence-corrected chi connectivity index (χ0v) is 13.0. The molecule has 1 saturated heterocycles. The summed E-state index contributed by atoms with van der Waals surface area (Å²) in [5, 5.41) is 0. The number of primary amides is 1. The molecule has 0 aliphatic carbocycles. The number of hydrogen-bond donors (Lipinski definition) is 1. The minimum absolute atomic E-state index is 0.137. The topological polar surface area (TPSA) is 89.2 Å². The fraction of sp³-hybridized carbons (Fsp3) is 0.294. The van der Waals surface area contributed by atoms with Crippen LogP contribution in [0.25, 0.3) is 0 Å². The first-order valence-corrected chi connectivity index (χ1v) is 7.66. The number of carbonyl (C=O) groups excluding carboxylic acids is 2. The maximum atomic E-state index is 13.8. The highest BCUT2D eigenvalue weighted by atomic mass is 19.1. The molecule has 3 rings (SSSR count). The summed E-state index contributed by atoms with van der Waals surface area (Å²) in [4.78, 5) is 34.6. The van der Waals surface area contributed by atoms with Crippen LogP contribution in [0.15, 0.2) is 42.9 Å². The predicted molar refractivity (Wildman–Crippen MR) is 84.0 cm³/mol.